The van der Waals surface area contributed by atoms with Crippen molar-refractivity contribution in [2.75, 3.05) is 20.2 Å². The van der Waals surface area contributed by atoms with Gasteiger partial charge in [0.25, 0.3) is 0 Å². The Hall–Kier alpha value is -2.59. The second-order valence-corrected chi connectivity index (χ2v) is 7.14. The fourth-order valence-electron chi connectivity index (χ4n) is 3.48. The molecule has 1 fully saturated rings. The van der Waals surface area contributed by atoms with Gasteiger partial charge in [-0.3, -0.25) is 9.78 Å². The molecule has 2 aromatic carbocycles. The molecule has 132 valence electrons. The minimum Gasteiger partial charge on any atom is -0.493 e. The van der Waals surface area contributed by atoms with E-state index < -0.39 is 0 Å². The zero-order valence-corrected chi connectivity index (χ0v) is 15.2. The van der Waals surface area contributed by atoms with Gasteiger partial charge in [0.1, 0.15) is 5.75 Å². The van der Waals surface area contributed by atoms with Crippen LogP contribution in [0.4, 0.5) is 0 Å². The standard InChI is InChI=1S/C21H19ClN2O2/c1-24-12-14(8-21(24)25)13-26-20-7-6-17(15-9-16(22)11-23-10-15)18-4-2-3-5-19(18)20/h2-7,9-11,14H,8,12-13H2,1H3. The summed E-state index contributed by atoms with van der Waals surface area (Å²) in [6, 6.07) is 14.1. The predicted octanol–water partition coefficient (Wildman–Crippen LogP) is 4.41. The van der Waals surface area contributed by atoms with Crippen molar-refractivity contribution in [3.8, 4) is 16.9 Å². The summed E-state index contributed by atoms with van der Waals surface area (Å²) < 4.78 is 6.09. The van der Waals surface area contributed by atoms with Crippen LogP contribution in [0, 0.1) is 5.92 Å². The van der Waals surface area contributed by atoms with Crippen LogP contribution < -0.4 is 4.74 Å². The molecule has 0 aliphatic carbocycles. The molecule has 0 bridgehead atoms. The first-order chi connectivity index (χ1) is 12.6. The van der Waals surface area contributed by atoms with Crippen LogP contribution in [0.15, 0.2) is 54.9 Å². The molecule has 1 aromatic heterocycles. The Labute approximate surface area is 157 Å². The maximum absolute atomic E-state index is 11.7. The molecule has 26 heavy (non-hydrogen) atoms. The van der Waals surface area contributed by atoms with E-state index in [2.05, 4.69) is 17.1 Å². The van der Waals surface area contributed by atoms with Gasteiger partial charge in [-0.2, -0.15) is 0 Å². The van der Waals surface area contributed by atoms with Gasteiger partial charge >= 0.3 is 0 Å². The molecule has 0 spiro atoms. The fraction of sp³-hybridized carbons (Fsp3) is 0.238. The van der Waals surface area contributed by atoms with Gasteiger partial charge in [0.2, 0.25) is 5.91 Å². The minimum atomic E-state index is 0.187. The van der Waals surface area contributed by atoms with Crippen molar-refractivity contribution in [1.29, 1.82) is 0 Å². The summed E-state index contributed by atoms with van der Waals surface area (Å²) in [5.74, 6) is 1.26. The lowest BCUT2D eigenvalue weighted by Gasteiger charge is -2.15. The van der Waals surface area contributed by atoms with Crippen molar-refractivity contribution < 1.29 is 9.53 Å². The number of carbonyl (C=O) groups excluding carboxylic acids is 1. The number of hydrogen-bond donors (Lipinski definition) is 0. The SMILES string of the molecule is CN1CC(COc2ccc(-c3cncc(Cl)c3)c3ccccc23)CC1=O. The first-order valence-electron chi connectivity index (χ1n) is 8.61. The van der Waals surface area contributed by atoms with Gasteiger partial charge in [-0.15, -0.1) is 0 Å². The number of halogens is 1. The number of rotatable bonds is 4. The smallest absolute Gasteiger partial charge is 0.222 e. The lowest BCUT2D eigenvalue weighted by Crippen LogP contribution is -2.20. The van der Waals surface area contributed by atoms with Gasteiger partial charge in [-0.25, -0.2) is 0 Å². The van der Waals surface area contributed by atoms with Crippen LogP contribution in [0.1, 0.15) is 6.42 Å². The molecule has 0 radical (unpaired) electrons. The molecule has 0 N–H and O–H groups in total. The molecule has 1 aliphatic heterocycles. The Morgan fingerprint density at radius 3 is 2.73 bits per heavy atom. The summed E-state index contributed by atoms with van der Waals surface area (Å²) in [4.78, 5) is 17.6. The number of pyridine rings is 1. The zero-order chi connectivity index (χ0) is 18.1. The number of nitrogens with zero attached hydrogens (tertiary/aromatic N) is 2. The normalized spacial score (nSPS) is 17.1. The third-order valence-corrected chi connectivity index (χ3v) is 5.00. The molecule has 1 atom stereocenters. The van der Waals surface area contributed by atoms with E-state index in [1.54, 1.807) is 11.1 Å². The molecule has 1 amide bonds. The molecular formula is C21H19ClN2O2. The van der Waals surface area contributed by atoms with E-state index in [4.69, 9.17) is 16.3 Å². The van der Waals surface area contributed by atoms with Crippen molar-refractivity contribution in [3.05, 3.63) is 59.9 Å². The highest BCUT2D eigenvalue weighted by molar-refractivity contribution is 6.30. The quantitative estimate of drug-likeness (QED) is 0.686. The lowest BCUT2D eigenvalue weighted by molar-refractivity contribution is -0.126. The van der Waals surface area contributed by atoms with Crippen molar-refractivity contribution in [2.45, 2.75) is 6.42 Å². The highest BCUT2D eigenvalue weighted by Crippen LogP contribution is 2.35. The number of benzene rings is 2. The lowest BCUT2D eigenvalue weighted by atomic mass is 9.99. The van der Waals surface area contributed by atoms with Gasteiger partial charge in [0.15, 0.2) is 0 Å². The van der Waals surface area contributed by atoms with Gasteiger partial charge in [0.05, 0.1) is 11.6 Å². The summed E-state index contributed by atoms with van der Waals surface area (Å²) in [6.45, 7) is 1.29. The first kappa shape index (κ1) is 16.9. The molecule has 1 unspecified atom stereocenters. The molecule has 4 nitrogen and oxygen atoms in total. The van der Waals surface area contributed by atoms with Crippen LogP contribution in [0.2, 0.25) is 5.02 Å². The van der Waals surface area contributed by atoms with E-state index in [0.29, 0.717) is 18.1 Å². The number of carbonyl (C=O) groups is 1. The molecule has 2 heterocycles. The van der Waals surface area contributed by atoms with Crippen molar-refractivity contribution in [3.63, 3.8) is 0 Å². The Morgan fingerprint density at radius 2 is 2.00 bits per heavy atom. The van der Waals surface area contributed by atoms with Gasteiger partial charge in [-0.05, 0) is 29.1 Å². The van der Waals surface area contributed by atoms with Gasteiger partial charge in [-0.1, -0.05) is 35.9 Å². The van der Waals surface area contributed by atoms with E-state index in [1.165, 1.54) is 0 Å². The maximum atomic E-state index is 11.7. The summed E-state index contributed by atoms with van der Waals surface area (Å²) in [5, 5.41) is 2.75. The summed E-state index contributed by atoms with van der Waals surface area (Å²) >= 11 is 6.10. The number of amides is 1. The van der Waals surface area contributed by atoms with Gasteiger partial charge < -0.3 is 9.64 Å². The fourth-order valence-corrected chi connectivity index (χ4v) is 3.66. The molecule has 3 aromatic rings. The molecule has 0 saturated carbocycles. The van der Waals surface area contributed by atoms with Gasteiger partial charge in [0, 0.05) is 49.3 Å². The molecule has 1 aliphatic rings. The number of ether oxygens (including phenoxy) is 1. The van der Waals surface area contributed by atoms with Crippen molar-refractivity contribution in [2.24, 2.45) is 5.92 Å². The third-order valence-electron chi connectivity index (χ3n) is 4.80. The summed E-state index contributed by atoms with van der Waals surface area (Å²) in [6.07, 6.45) is 4.00. The second-order valence-electron chi connectivity index (χ2n) is 6.70. The first-order valence-corrected chi connectivity index (χ1v) is 8.99. The molecular weight excluding hydrogens is 348 g/mol. The van der Waals surface area contributed by atoms with Crippen molar-refractivity contribution >= 4 is 28.3 Å². The molecule has 4 rings (SSSR count). The number of hydrogen-bond acceptors (Lipinski definition) is 3. The highest BCUT2D eigenvalue weighted by atomic mass is 35.5. The van der Waals surface area contributed by atoms with E-state index in [1.807, 2.05) is 43.6 Å². The van der Waals surface area contributed by atoms with Crippen LogP contribution >= 0.6 is 11.6 Å². The van der Waals surface area contributed by atoms with Crippen molar-refractivity contribution in [1.82, 2.24) is 9.88 Å². The average molecular weight is 367 g/mol. The minimum absolute atomic E-state index is 0.187. The van der Waals surface area contributed by atoms with E-state index in [0.717, 1.165) is 34.2 Å². The van der Waals surface area contributed by atoms with Crippen LogP contribution in [-0.4, -0.2) is 36.0 Å². The Kier molecular flexibility index (Phi) is 4.51. The van der Waals surface area contributed by atoms with E-state index in [-0.39, 0.29) is 11.8 Å². The zero-order valence-electron chi connectivity index (χ0n) is 14.5. The highest BCUT2D eigenvalue weighted by Gasteiger charge is 2.27. The number of fused-ring (bicyclic) bond motifs is 1. The summed E-state index contributed by atoms with van der Waals surface area (Å²) in [7, 11) is 1.84. The largest absolute Gasteiger partial charge is 0.493 e. The third kappa shape index (κ3) is 3.25. The van der Waals surface area contributed by atoms with Crippen LogP contribution in [0.5, 0.6) is 5.75 Å². The van der Waals surface area contributed by atoms with Crippen LogP contribution in [0.3, 0.4) is 0 Å². The topological polar surface area (TPSA) is 42.4 Å². The average Bonchev–Trinajstić information content (AvgIpc) is 2.97. The predicted molar refractivity (Wildman–Crippen MR) is 103 cm³/mol. The molecule has 1 saturated heterocycles. The van der Waals surface area contributed by atoms with Crippen LogP contribution in [0.25, 0.3) is 21.9 Å². The Morgan fingerprint density at radius 1 is 1.19 bits per heavy atom. The Bertz CT molecular complexity index is 973. The second kappa shape index (κ2) is 6.96. The number of likely N-dealkylation sites (tertiary alicyclic amines) is 1. The van der Waals surface area contributed by atoms with E-state index >= 15 is 0 Å². The number of aromatic nitrogens is 1. The summed E-state index contributed by atoms with van der Waals surface area (Å²) in [5.41, 5.74) is 2.04. The Balaban J connectivity index is 1.65. The monoisotopic (exact) mass is 366 g/mol. The maximum Gasteiger partial charge on any atom is 0.222 e. The molecule has 5 heteroatoms. The van der Waals surface area contributed by atoms with Crippen LogP contribution in [-0.2, 0) is 4.79 Å². The van der Waals surface area contributed by atoms with E-state index in [9.17, 15) is 4.79 Å².